The van der Waals surface area contributed by atoms with E-state index in [1.807, 2.05) is 71.9 Å². The number of sulfonamides is 1. The molecule has 1 unspecified atom stereocenters. The third kappa shape index (κ3) is 16.2. The van der Waals surface area contributed by atoms with Crippen LogP contribution in [0.3, 0.4) is 0 Å². The predicted octanol–water partition coefficient (Wildman–Crippen LogP) is 8.79. The molecule has 0 radical (unpaired) electrons. The summed E-state index contributed by atoms with van der Waals surface area (Å²) >= 11 is 0. The van der Waals surface area contributed by atoms with E-state index in [0.29, 0.717) is 17.0 Å². The normalized spacial score (nSPS) is 10.6. The van der Waals surface area contributed by atoms with Crippen molar-refractivity contribution in [2.24, 2.45) is 0 Å². The lowest BCUT2D eigenvalue weighted by atomic mass is 10.1. The summed E-state index contributed by atoms with van der Waals surface area (Å²) < 4.78 is 44.4. The van der Waals surface area contributed by atoms with E-state index in [0.717, 1.165) is 34.2 Å². The first-order valence-corrected chi connectivity index (χ1v) is 14.6. The molecule has 0 bridgehead atoms. The Hall–Kier alpha value is -2.77. The van der Waals surface area contributed by atoms with Gasteiger partial charge in [0, 0.05) is 6.21 Å². The average Bonchev–Trinajstić information content (AvgIpc) is 2.89. The largest absolute Gasteiger partial charge is 0.492 e. The van der Waals surface area contributed by atoms with Crippen molar-refractivity contribution >= 4 is 16.2 Å². The van der Waals surface area contributed by atoms with Gasteiger partial charge in [0.25, 0.3) is 0 Å². The summed E-state index contributed by atoms with van der Waals surface area (Å²) in [7, 11) is -3.63. The lowest BCUT2D eigenvalue weighted by Crippen LogP contribution is -2.37. The molecule has 2 aromatic carbocycles. The Morgan fingerprint density at radius 3 is 1.89 bits per heavy atom. The Labute approximate surface area is 232 Å². The van der Waals surface area contributed by atoms with Crippen LogP contribution in [0.1, 0.15) is 82.7 Å². The molecule has 2 N–H and O–H groups in total. The fourth-order valence-corrected chi connectivity index (χ4v) is 4.71. The maximum Gasteiger partial charge on any atom is 0.241 e. The van der Waals surface area contributed by atoms with Crippen molar-refractivity contribution in [1.82, 2.24) is 4.72 Å². The number of hydrogen-bond acceptors (Lipinski definition) is 4. The molecule has 1 atom stereocenters. The SMILES string of the molecule is C/C=C/F.C=CCC.CC.CC.Cc1cc(C)c(S(=O)(=O)NC(C)COc2ccc(C)c(C=N)c2)c(C)c1. The quantitative estimate of drug-likeness (QED) is 0.255. The third-order valence-electron chi connectivity index (χ3n) is 4.55. The van der Waals surface area contributed by atoms with Crippen LogP contribution in [0.2, 0.25) is 0 Å². The average molecular weight is 551 g/mol. The highest BCUT2D eigenvalue weighted by Gasteiger charge is 2.22. The molecule has 0 spiro atoms. The van der Waals surface area contributed by atoms with Crippen LogP contribution in [0.15, 0.2) is 60.3 Å². The van der Waals surface area contributed by atoms with Gasteiger partial charge in [-0.3, -0.25) is 0 Å². The van der Waals surface area contributed by atoms with Gasteiger partial charge >= 0.3 is 0 Å². The topological polar surface area (TPSA) is 79.2 Å². The van der Waals surface area contributed by atoms with Crippen molar-refractivity contribution in [3.63, 3.8) is 0 Å². The summed E-state index contributed by atoms with van der Waals surface area (Å²) in [5.74, 6) is 0.614. The highest BCUT2D eigenvalue weighted by molar-refractivity contribution is 7.89. The molecular weight excluding hydrogens is 499 g/mol. The van der Waals surface area contributed by atoms with E-state index in [4.69, 9.17) is 10.1 Å². The second-order valence-corrected chi connectivity index (χ2v) is 9.53. The van der Waals surface area contributed by atoms with Crippen LogP contribution >= 0.6 is 0 Å². The zero-order valence-corrected chi connectivity index (χ0v) is 26.2. The lowest BCUT2D eigenvalue weighted by molar-refractivity contribution is 0.287. The molecule has 0 saturated heterocycles. The van der Waals surface area contributed by atoms with E-state index in [-0.39, 0.29) is 6.61 Å². The Bertz CT molecular complexity index is 1040. The summed E-state index contributed by atoms with van der Waals surface area (Å²) in [6, 6.07) is 8.81. The van der Waals surface area contributed by atoms with E-state index in [1.54, 1.807) is 33.8 Å². The molecule has 0 amide bonds. The minimum absolute atomic E-state index is 0.198. The molecule has 38 heavy (non-hydrogen) atoms. The van der Waals surface area contributed by atoms with Crippen molar-refractivity contribution in [3.8, 4) is 5.75 Å². The second kappa shape index (κ2) is 23.4. The standard InChI is InChI=1S/C20H26N2O3S.C4H8.C3H5F.2C2H6/c1-13-8-15(3)20(16(4)9-13)26(23,24)22-17(5)12-25-19-7-6-14(2)18(10-19)11-21;1-3-4-2;1-2-3-4;2*1-2/h6-11,17,21-22H,12H2,1-5H3;3H,1,4H2,2H3;2-3H,1H3;2*1-2H3/b;;3-2+;;. The second-order valence-electron chi connectivity index (χ2n) is 7.88. The van der Waals surface area contributed by atoms with Crippen molar-refractivity contribution in [1.29, 1.82) is 5.41 Å². The number of aryl methyl sites for hydroxylation is 4. The van der Waals surface area contributed by atoms with Gasteiger partial charge < -0.3 is 10.1 Å². The molecule has 0 aliphatic heterocycles. The number of benzene rings is 2. The van der Waals surface area contributed by atoms with Crippen LogP contribution in [0.25, 0.3) is 0 Å². The predicted molar refractivity (Wildman–Crippen MR) is 164 cm³/mol. The first-order chi connectivity index (χ1) is 18.0. The first-order valence-electron chi connectivity index (χ1n) is 13.1. The Morgan fingerprint density at radius 2 is 1.50 bits per heavy atom. The fourth-order valence-electron chi connectivity index (χ4n) is 3.03. The minimum atomic E-state index is -3.63. The van der Waals surface area contributed by atoms with Gasteiger partial charge in [-0.05, 0) is 82.3 Å². The maximum absolute atomic E-state index is 12.8. The van der Waals surface area contributed by atoms with E-state index >= 15 is 0 Å². The molecule has 0 heterocycles. The Balaban J connectivity index is -0.000000869. The molecule has 0 aliphatic carbocycles. The maximum atomic E-state index is 12.8. The summed E-state index contributed by atoms with van der Waals surface area (Å²) in [4.78, 5) is 0.330. The third-order valence-corrected chi connectivity index (χ3v) is 6.44. The van der Waals surface area contributed by atoms with Gasteiger partial charge in [-0.1, -0.05) is 70.5 Å². The molecule has 216 valence electrons. The molecular formula is C31H51FN2O3S. The summed E-state index contributed by atoms with van der Waals surface area (Å²) in [5.41, 5.74) is 4.28. The van der Waals surface area contributed by atoms with Gasteiger partial charge in [0.1, 0.15) is 12.4 Å². The number of ether oxygens (including phenoxy) is 1. The van der Waals surface area contributed by atoms with Crippen LogP contribution < -0.4 is 9.46 Å². The van der Waals surface area contributed by atoms with Gasteiger partial charge in [-0.15, -0.1) is 6.58 Å². The van der Waals surface area contributed by atoms with Gasteiger partial charge in [0.05, 0.1) is 17.3 Å². The molecule has 7 heteroatoms. The van der Waals surface area contributed by atoms with Crippen LogP contribution in [-0.4, -0.2) is 27.3 Å². The molecule has 0 aromatic heterocycles. The number of allylic oxidation sites excluding steroid dienone is 2. The van der Waals surface area contributed by atoms with Gasteiger partial charge in [0.2, 0.25) is 10.0 Å². The van der Waals surface area contributed by atoms with Crippen LogP contribution in [-0.2, 0) is 10.0 Å². The van der Waals surface area contributed by atoms with Gasteiger partial charge in [-0.2, -0.15) is 0 Å². The monoisotopic (exact) mass is 550 g/mol. The van der Waals surface area contributed by atoms with Gasteiger partial charge in [0.15, 0.2) is 0 Å². The van der Waals surface area contributed by atoms with Crippen LogP contribution in [0.4, 0.5) is 4.39 Å². The highest BCUT2D eigenvalue weighted by Crippen LogP contribution is 2.22. The zero-order chi connectivity index (χ0) is 30.3. The van der Waals surface area contributed by atoms with E-state index in [2.05, 4.69) is 18.2 Å². The van der Waals surface area contributed by atoms with E-state index in [1.165, 1.54) is 12.3 Å². The van der Waals surface area contributed by atoms with Crippen LogP contribution in [0, 0.1) is 33.1 Å². The molecule has 0 fully saturated rings. The van der Waals surface area contributed by atoms with Gasteiger partial charge in [-0.25, -0.2) is 17.5 Å². The first kappa shape index (κ1) is 39.7. The summed E-state index contributed by atoms with van der Waals surface area (Å²) in [6.45, 7) is 24.6. The molecule has 2 aromatic rings. The molecule has 5 nitrogen and oxygen atoms in total. The summed E-state index contributed by atoms with van der Waals surface area (Å²) in [6.07, 6.45) is 6.07. The van der Waals surface area contributed by atoms with Crippen molar-refractivity contribution < 1.29 is 17.5 Å². The number of halogens is 1. The lowest BCUT2D eigenvalue weighted by Gasteiger charge is -2.18. The molecule has 2 rings (SSSR count). The van der Waals surface area contributed by atoms with Crippen molar-refractivity contribution in [3.05, 3.63) is 83.2 Å². The van der Waals surface area contributed by atoms with Crippen LogP contribution in [0.5, 0.6) is 5.75 Å². The Morgan fingerprint density at radius 1 is 1.03 bits per heavy atom. The van der Waals surface area contributed by atoms with E-state index < -0.39 is 16.1 Å². The van der Waals surface area contributed by atoms with Crippen molar-refractivity contribution in [2.45, 2.75) is 93.5 Å². The minimum Gasteiger partial charge on any atom is -0.492 e. The number of hydrogen-bond donors (Lipinski definition) is 2. The molecule has 0 saturated carbocycles. The zero-order valence-electron chi connectivity index (χ0n) is 25.4. The molecule has 0 aliphatic rings. The summed E-state index contributed by atoms with van der Waals surface area (Å²) in [5, 5.41) is 7.39. The smallest absolute Gasteiger partial charge is 0.241 e. The van der Waals surface area contributed by atoms with E-state index in [9.17, 15) is 12.8 Å². The highest BCUT2D eigenvalue weighted by atomic mass is 32.2. The number of rotatable bonds is 8. The van der Waals surface area contributed by atoms with Crippen molar-refractivity contribution in [2.75, 3.05) is 6.61 Å². The fraction of sp³-hybridized carbons (Fsp3) is 0.452. The number of nitrogens with one attached hydrogen (secondary N) is 2. The Kier molecular flexibility index (Phi) is 24.4.